The van der Waals surface area contributed by atoms with Gasteiger partial charge in [-0.3, -0.25) is 9.59 Å². The molecule has 0 bridgehead atoms. The zero-order valence-electron chi connectivity index (χ0n) is 21.3. The summed E-state index contributed by atoms with van der Waals surface area (Å²) in [5, 5.41) is 15.6. The molecule has 32 heavy (non-hydrogen) atoms. The second kappa shape index (κ2) is 14.2. The highest BCUT2D eigenvalue weighted by atomic mass is 16.3. The molecule has 0 unspecified atom stereocenters. The van der Waals surface area contributed by atoms with Gasteiger partial charge in [-0.05, 0) is 49.9 Å². The minimum absolute atomic E-state index is 0.0568. The van der Waals surface area contributed by atoms with Crippen LogP contribution >= 0.6 is 0 Å². The van der Waals surface area contributed by atoms with E-state index in [1.165, 1.54) is 51.4 Å². The smallest absolute Gasteiger partial charge is 0.243 e. The molecule has 5 heteroatoms. The maximum absolute atomic E-state index is 12.6. The molecule has 0 spiro atoms. The molecule has 0 radical (unpaired) electrons. The summed E-state index contributed by atoms with van der Waals surface area (Å²) in [6, 6.07) is 1.76. The van der Waals surface area contributed by atoms with Gasteiger partial charge in [0.2, 0.25) is 11.8 Å². The molecule has 0 aromatic heterocycles. The number of carbonyl (C=O) groups is 2. The molecule has 0 aliphatic carbocycles. The van der Waals surface area contributed by atoms with Gasteiger partial charge >= 0.3 is 0 Å². The summed E-state index contributed by atoms with van der Waals surface area (Å²) in [7, 11) is 0. The molecule has 0 saturated heterocycles. The highest BCUT2D eigenvalue weighted by Crippen LogP contribution is 2.30. The number of aryl methyl sites for hydroxylation is 1. The maximum atomic E-state index is 12.6. The van der Waals surface area contributed by atoms with E-state index in [1.54, 1.807) is 13.0 Å². The Labute approximate surface area is 195 Å². The SMILES string of the molecule is CCCCCCCCCCCCC(C)(C)C(=O)NCC(=O)Nc1cc(C)c(O)c(C)c1C. The highest BCUT2D eigenvalue weighted by molar-refractivity contribution is 5.96. The van der Waals surface area contributed by atoms with E-state index in [4.69, 9.17) is 0 Å². The lowest BCUT2D eigenvalue weighted by Crippen LogP contribution is -2.41. The molecule has 0 aliphatic rings. The van der Waals surface area contributed by atoms with Crippen LogP contribution in [0.4, 0.5) is 5.69 Å². The van der Waals surface area contributed by atoms with Crippen LogP contribution in [0.1, 0.15) is 108 Å². The third-order valence-electron chi connectivity index (χ3n) is 6.51. The summed E-state index contributed by atoms with van der Waals surface area (Å²) >= 11 is 0. The fourth-order valence-corrected chi connectivity index (χ4v) is 3.96. The van der Waals surface area contributed by atoms with Crippen LogP contribution in [0.15, 0.2) is 6.07 Å². The van der Waals surface area contributed by atoms with Crippen molar-refractivity contribution in [3.63, 3.8) is 0 Å². The number of nitrogens with one attached hydrogen (secondary N) is 2. The van der Waals surface area contributed by atoms with Crippen molar-refractivity contribution >= 4 is 17.5 Å². The standard InChI is InChI=1S/C27H46N2O3/c1-7-8-9-10-11-12-13-14-15-16-17-27(5,6)26(32)28-19-24(30)29-23-18-20(2)25(31)22(4)21(23)3/h18,31H,7-17,19H2,1-6H3,(H,28,32)(H,29,30). The first-order valence-corrected chi connectivity index (χ1v) is 12.5. The average Bonchev–Trinajstić information content (AvgIpc) is 2.75. The lowest BCUT2D eigenvalue weighted by atomic mass is 9.85. The minimum Gasteiger partial charge on any atom is -0.507 e. The Kier molecular flexibility index (Phi) is 12.4. The van der Waals surface area contributed by atoms with Crippen LogP contribution in [0.5, 0.6) is 5.75 Å². The summed E-state index contributed by atoms with van der Waals surface area (Å²) in [4.78, 5) is 25.0. The van der Waals surface area contributed by atoms with Gasteiger partial charge in [0.25, 0.3) is 0 Å². The van der Waals surface area contributed by atoms with Crippen LogP contribution in [0.25, 0.3) is 0 Å². The molecule has 2 amide bonds. The highest BCUT2D eigenvalue weighted by Gasteiger charge is 2.27. The molecule has 0 fully saturated rings. The van der Waals surface area contributed by atoms with Gasteiger partial charge < -0.3 is 15.7 Å². The van der Waals surface area contributed by atoms with Gasteiger partial charge in [0, 0.05) is 11.1 Å². The van der Waals surface area contributed by atoms with Gasteiger partial charge in [0.05, 0.1) is 6.54 Å². The number of phenols is 1. The van der Waals surface area contributed by atoms with E-state index >= 15 is 0 Å². The van der Waals surface area contributed by atoms with Gasteiger partial charge in [0.15, 0.2) is 0 Å². The molecular weight excluding hydrogens is 400 g/mol. The predicted octanol–water partition coefficient (Wildman–Crippen LogP) is 6.71. The second-order valence-electron chi connectivity index (χ2n) is 9.89. The third-order valence-corrected chi connectivity index (χ3v) is 6.51. The van der Waals surface area contributed by atoms with Crippen molar-refractivity contribution in [1.29, 1.82) is 0 Å². The summed E-state index contributed by atoms with van der Waals surface area (Å²) < 4.78 is 0. The Morgan fingerprint density at radius 1 is 0.875 bits per heavy atom. The lowest BCUT2D eigenvalue weighted by Gasteiger charge is -2.23. The van der Waals surface area contributed by atoms with Crippen LogP contribution in [-0.2, 0) is 9.59 Å². The van der Waals surface area contributed by atoms with Crippen molar-refractivity contribution in [2.75, 3.05) is 11.9 Å². The minimum atomic E-state index is -0.484. The topological polar surface area (TPSA) is 78.4 Å². The fourth-order valence-electron chi connectivity index (χ4n) is 3.96. The van der Waals surface area contributed by atoms with Crippen molar-refractivity contribution in [2.45, 2.75) is 112 Å². The molecule has 3 N–H and O–H groups in total. The quantitative estimate of drug-likeness (QED) is 0.207. The van der Waals surface area contributed by atoms with Crippen LogP contribution in [0.3, 0.4) is 0 Å². The van der Waals surface area contributed by atoms with Crippen LogP contribution in [-0.4, -0.2) is 23.5 Å². The number of hydrogen-bond donors (Lipinski definition) is 3. The van der Waals surface area contributed by atoms with Gasteiger partial charge in [-0.2, -0.15) is 0 Å². The normalized spacial score (nSPS) is 11.4. The summed E-state index contributed by atoms with van der Waals surface area (Å²) in [6.45, 7) is 11.6. The average molecular weight is 447 g/mol. The molecule has 0 atom stereocenters. The Morgan fingerprint density at radius 3 is 1.97 bits per heavy atom. The first-order valence-electron chi connectivity index (χ1n) is 12.5. The monoisotopic (exact) mass is 446 g/mol. The molecule has 1 aromatic rings. The molecule has 0 aliphatic heterocycles. The molecule has 0 saturated carbocycles. The molecular formula is C27H46N2O3. The first-order chi connectivity index (χ1) is 15.1. The van der Waals surface area contributed by atoms with E-state index in [0.717, 1.165) is 30.4 Å². The van der Waals surface area contributed by atoms with Crippen LogP contribution in [0, 0.1) is 26.2 Å². The molecule has 182 valence electrons. The van der Waals surface area contributed by atoms with E-state index in [0.29, 0.717) is 11.3 Å². The summed E-state index contributed by atoms with van der Waals surface area (Å²) in [5.74, 6) is -0.0958. The summed E-state index contributed by atoms with van der Waals surface area (Å²) in [6.07, 6.45) is 13.6. The predicted molar refractivity (Wildman–Crippen MR) is 134 cm³/mol. The van der Waals surface area contributed by atoms with Crippen molar-refractivity contribution in [1.82, 2.24) is 5.32 Å². The van der Waals surface area contributed by atoms with Crippen molar-refractivity contribution in [3.8, 4) is 5.75 Å². The molecule has 0 heterocycles. The van der Waals surface area contributed by atoms with Crippen molar-refractivity contribution in [3.05, 3.63) is 22.8 Å². The first kappa shape index (κ1) is 28.0. The van der Waals surface area contributed by atoms with Gasteiger partial charge in [-0.25, -0.2) is 0 Å². The zero-order chi connectivity index (χ0) is 24.1. The number of amides is 2. The van der Waals surface area contributed by atoms with E-state index in [9.17, 15) is 14.7 Å². The number of benzene rings is 1. The van der Waals surface area contributed by atoms with E-state index in [1.807, 2.05) is 27.7 Å². The zero-order valence-corrected chi connectivity index (χ0v) is 21.3. The van der Waals surface area contributed by atoms with Gasteiger partial charge in [-0.15, -0.1) is 0 Å². The van der Waals surface area contributed by atoms with Crippen LogP contribution in [0.2, 0.25) is 0 Å². The molecule has 1 rings (SSSR count). The Morgan fingerprint density at radius 2 is 1.41 bits per heavy atom. The maximum Gasteiger partial charge on any atom is 0.243 e. The van der Waals surface area contributed by atoms with E-state index < -0.39 is 5.41 Å². The number of rotatable bonds is 15. The number of carbonyl (C=O) groups excluding carboxylic acids is 2. The van der Waals surface area contributed by atoms with E-state index in [2.05, 4.69) is 17.6 Å². The Hall–Kier alpha value is -2.04. The number of hydrogen-bond acceptors (Lipinski definition) is 3. The van der Waals surface area contributed by atoms with Gasteiger partial charge in [-0.1, -0.05) is 85.0 Å². The number of anilines is 1. The lowest BCUT2D eigenvalue weighted by molar-refractivity contribution is -0.131. The van der Waals surface area contributed by atoms with Crippen molar-refractivity contribution < 1.29 is 14.7 Å². The third kappa shape index (κ3) is 9.62. The van der Waals surface area contributed by atoms with E-state index in [-0.39, 0.29) is 24.1 Å². The van der Waals surface area contributed by atoms with Crippen LogP contribution < -0.4 is 10.6 Å². The fraction of sp³-hybridized carbons (Fsp3) is 0.704. The Balaban J connectivity index is 2.30. The number of aromatic hydroxyl groups is 1. The molecule has 5 nitrogen and oxygen atoms in total. The number of phenolic OH excluding ortho intramolecular Hbond substituents is 1. The Bertz CT molecular complexity index is 741. The number of unbranched alkanes of at least 4 members (excludes halogenated alkanes) is 9. The van der Waals surface area contributed by atoms with Crippen molar-refractivity contribution in [2.24, 2.45) is 5.41 Å². The summed E-state index contributed by atoms with van der Waals surface area (Å²) in [5.41, 5.74) is 2.48. The largest absolute Gasteiger partial charge is 0.507 e. The molecule has 1 aromatic carbocycles. The van der Waals surface area contributed by atoms with Gasteiger partial charge in [0.1, 0.15) is 5.75 Å². The second-order valence-corrected chi connectivity index (χ2v) is 9.89.